The van der Waals surface area contributed by atoms with E-state index in [2.05, 4.69) is 10.6 Å². The van der Waals surface area contributed by atoms with Crippen molar-refractivity contribution in [3.63, 3.8) is 0 Å². The average molecular weight is 1050 g/mol. The Bertz CT molecular complexity index is 3110. The molecule has 8 rings (SSSR count). The maximum Gasteiger partial charge on any atom is 0.411 e. The number of pyridine rings is 2. The minimum atomic E-state index is -2.03. The summed E-state index contributed by atoms with van der Waals surface area (Å²) in [5.74, 6) is -3.93. The number of hydrogen-bond acceptors (Lipinski definition) is 14. The summed E-state index contributed by atoms with van der Waals surface area (Å²) in [5.41, 5.74) is 2.75. The summed E-state index contributed by atoms with van der Waals surface area (Å²) in [6.07, 6.45) is 4.66. The lowest BCUT2D eigenvalue weighted by molar-refractivity contribution is -0.172. The number of hydrogen-bond donors (Lipinski definition) is 3. The molecule has 0 saturated carbocycles. The van der Waals surface area contributed by atoms with Gasteiger partial charge in [0.05, 0.1) is 41.1 Å². The molecular weight excluding hydrogens is 984 g/mol. The number of Topliss-reactive ketones (excluding diaryl/α,β-unsaturated/α-hetero) is 2. The van der Waals surface area contributed by atoms with Gasteiger partial charge in [-0.15, -0.1) is 0 Å². The minimum absolute atomic E-state index is 0.0242. The number of nitrogens with zero attached hydrogens (tertiary/aromatic N) is 4. The molecule has 0 saturated heterocycles. The van der Waals surface area contributed by atoms with Crippen LogP contribution in [0.2, 0.25) is 0 Å². The van der Waals surface area contributed by atoms with Crippen LogP contribution in [0.15, 0.2) is 53.3 Å². The van der Waals surface area contributed by atoms with Crippen LogP contribution in [0.4, 0.5) is 9.18 Å². The highest BCUT2D eigenvalue weighted by Crippen LogP contribution is 2.46. The van der Waals surface area contributed by atoms with Crippen molar-refractivity contribution in [1.82, 2.24) is 30.0 Å². The van der Waals surface area contributed by atoms with Crippen LogP contribution in [0.25, 0.3) is 22.3 Å². The summed E-state index contributed by atoms with van der Waals surface area (Å²) in [4.78, 5) is 123. The third kappa shape index (κ3) is 11.2. The van der Waals surface area contributed by atoms with Crippen LogP contribution in [0.1, 0.15) is 123 Å². The summed E-state index contributed by atoms with van der Waals surface area (Å²) in [6, 6.07) is 8.38. The van der Waals surface area contributed by atoms with Gasteiger partial charge in [-0.05, 0) is 85.8 Å². The second-order valence-electron chi connectivity index (χ2n) is 20.5. The van der Waals surface area contributed by atoms with Crippen molar-refractivity contribution in [3.05, 3.63) is 109 Å². The number of ether oxygens (including phenoxy) is 3. The molecule has 4 atom stereocenters. The van der Waals surface area contributed by atoms with Crippen molar-refractivity contribution in [2.75, 3.05) is 26.9 Å². The first-order chi connectivity index (χ1) is 36.2. The molecule has 5 heterocycles. The van der Waals surface area contributed by atoms with Gasteiger partial charge in [-0.3, -0.25) is 43.4 Å². The molecule has 402 valence electrons. The molecule has 0 spiro atoms. The van der Waals surface area contributed by atoms with E-state index in [9.17, 15) is 48.3 Å². The number of rotatable bonds is 22. The summed E-state index contributed by atoms with van der Waals surface area (Å²) >= 11 is 0. The Morgan fingerprint density at radius 1 is 0.974 bits per heavy atom. The fourth-order valence-corrected chi connectivity index (χ4v) is 10.4. The zero-order valence-electron chi connectivity index (χ0n) is 43.5. The first-order valence-corrected chi connectivity index (χ1v) is 25.7. The molecule has 1 aliphatic carbocycles. The van der Waals surface area contributed by atoms with Gasteiger partial charge in [-0.1, -0.05) is 51.5 Å². The molecule has 0 unspecified atom stereocenters. The lowest BCUT2D eigenvalue weighted by atomic mass is 9.81. The van der Waals surface area contributed by atoms with Crippen molar-refractivity contribution in [2.45, 2.75) is 130 Å². The van der Waals surface area contributed by atoms with Crippen molar-refractivity contribution < 1.29 is 62.1 Å². The number of amides is 5. The fraction of sp³-hybridized carbons (Fsp3) is 0.464. The van der Waals surface area contributed by atoms with Gasteiger partial charge in [0.1, 0.15) is 38.2 Å². The minimum Gasteiger partial charge on any atom is -0.458 e. The van der Waals surface area contributed by atoms with Gasteiger partial charge in [-0.25, -0.2) is 19.0 Å². The lowest BCUT2D eigenvalue weighted by Crippen LogP contribution is -2.44. The maximum atomic E-state index is 15.4. The van der Waals surface area contributed by atoms with E-state index in [1.165, 1.54) is 34.7 Å². The monoisotopic (exact) mass is 1050 g/mol. The van der Waals surface area contributed by atoms with E-state index in [0.717, 1.165) is 10.5 Å². The van der Waals surface area contributed by atoms with Gasteiger partial charge in [0.25, 0.3) is 17.4 Å². The normalized spacial score (nSPS) is 18.0. The summed E-state index contributed by atoms with van der Waals surface area (Å²) < 4.78 is 33.2. The first kappa shape index (κ1) is 54.8. The smallest absolute Gasteiger partial charge is 0.411 e. The number of carbonyl (C=O) groups excluding carboxylic acids is 8. The number of aromatic nitrogens is 2. The van der Waals surface area contributed by atoms with Gasteiger partial charge in [0.15, 0.2) is 11.4 Å². The molecule has 4 aromatic rings. The van der Waals surface area contributed by atoms with Gasteiger partial charge < -0.3 is 34.5 Å². The second kappa shape index (κ2) is 22.8. The number of esters is 1. The zero-order chi connectivity index (χ0) is 54.7. The van der Waals surface area contributed by atoms with Crippen molar-refractivity contribution in [3.8, 4) is 11.4 Å². The molecule has 0 bridgehead atoms. The van der Waals surface area contributed by atoms with E-state index < -0.39 is 59.6 Å². The largest absolute Gasteiger partial charge is 0.458 e. The average Bonchev–Trinajstić information content (AvgIpc) is 4.01. The predicted molar refractivity (Wildman–Crippen MR) is 272 cm³/mol. The van der Waals surface area contributed by atoms with Crippen LogP contribution in [0.3, 0.4) is 0 Å². The Morgan fingerprint density at radius 3 is 2.38 bits per heavy atom. The number of fused-ring (bicyclic) bond motifs is 5. The van der Waals surface area contributed by atoms with Crippen molar-refractivity contribution >= 4 is 58.2 Å². The standard InChI is InChI=1S/C56H63FN6O13/c1-7-56(73)40-23-44-51-38(25-63(44)53(70)39(40)27-75-54(56)71)50-42(17-16-36-31(4)41(57)24-43(60-51)49(36)50)59-46(66)28-74-29-61(6)55(72)76-26-34-14-12-33(13-15-34)21-45(65)32(5)58-52(69)37(30(2)3)22-35(64)11-9-8-10-20-62-47(67)18-19-48(62)68/h12-15,18-19,23-24,30,32,37,42,73H,7-11,16-17,20-22,25-29H2,1-6H3,(H,58,69)(H,59,66)/t32-,37-,42-,56-/m0/s1. The van der Waals surface area contributed by atoms with Crippen LogP contribution >= 0.6 is 0 Å². The van der Waals surface area contributed by atoms with E-state index in [1.807, 2.05) is 13.8 Å². The highest BCUT2D eigenvalue weighted by molar-refractivity contribution is 6.12. The zero-order valence-corrected chi connectivity index (χ0v) is 43.5. The molecule has 19 nitrogen and oxygen atoms in total. The predicted octanol–water partition coefficient (Wildman–Crippen LogP) is 5.21. The van der Waals surface area contributed by atoms with E-state index in [1.54, 1.807) is 51.1 Å². The Balaban J connectivity index is 0.794. The third-order valence-corrected chi connectivity index (χ3v) is 15.0. The molecule has 76 heavy (non-hydrogen) atoms. The second-order valence-corrected chi connectivity index (χ2v) is 20.5. The SMILES string of the molecule is CC[C@@]1(O)C(=O)OCc2c1cc1n(c2=O)Cc2c-1nc1cc(F)c(C)c3c1c2[C@@H](NC(=O)COCN(C)C(=O)OCc1ccc(CC(=O)[C@H](C)NC(=O)[C@@H](CC(=O)CCCCCN2C(=O)C=CC2=O)C(C)C)cc1)CC3. The number of ketones is 2. The van der Waals surface area contributed by atoms with Crippen LogP contribution in [-0.2, 0) is 86.0 Å². The van der Waals surface area contributed by atoms with Crippen LogP contribution < -0.4 is 16.2 Å². The molecule has 20 heteroatoms. The number of nitrogens with one attached hydrogen (secondary N) is 2. The fourth-order valence-electron chi connectivity index (χ4n) is 10.4. The molecule has 0 fully saturated rings. The number of cyclic esters (lactones) is 1. The van der Waals surface area contributed by atoms with E-state index in [0.29, 0.717) is 88.8 Å². The van der Waals surface area contributed by atoms with Crippen LogP contribution in [-0.4, -0.2) is 105 Å². The van der Waals surface area contributed by atoms with Gasteiger partial charge in [-0.2, -0.15) is 0 Å². The highest BCUT2D eigenvalue weighted by Gasteiger charge is 2.46. The number of imide groups is 1. The molecule has 2 aromatic heterocycles. The quantitative estimate of drug-likeness (QED) is 0.0349. The lowest BCUT2D eigenvalue weighted by Gasteiger charge is -2.31. The molecule has 2 aromatic carbocycles. The molecular formula is C56H63FN6O13. The van der Waals surface area contributed by atoms with Gasteiger partial charge >= 0.3 is 12.1 Å². The number of unbranched alkanes of at least 4 members (excludes halogenated alkanes) is 2. The Hall–Kier alpha value is -7.45. The topological polar surface area (TPSA) is 250 Å². The number of aliphatic hydroxyl groups is 1. The maximum absolute atomic E-state index is 15.4. The van der Waals surface area contributed by atoms with Gasteiger partial charge in [0, 0.05) is 73.5 Å². The number of carbonyl (C=O) groups is 8. The molecule has 5 amide bonds. The Kier molecular flexibility index (Phi) is 16.4. The van der Waals surface area contributed by atoms with Crippen molar-refractivity contribution in [1.29, 1.82) is 0 Å². The molecule has 4 aliphatic rings. The van der Waals surface area contributed by atoms with Gasteiger partial charge in [0.2, 0.25) is 11.8 Å². The summed E-state index contributed by atoms with van der Waals surface area (Å²) in [7, 11) is 1.45. The number of halogens is 1. The number of aryl methyl sites for hydroxylation is 1. The summed E-state index contributed by atoms with van der Waals surface area (Å²) in [6.45, 7) is 7.86. The third-order valence-electron chi connectivity index (χ3n) is 15.0. The Labute approximate surface area is 438 Å². The van der Waals surface area contributed by atoms with Crippen LogP contribution in [0.5, 0.6) is 0 Å². The first-order valence-electron chi connectivity index (χ1n) is 25.7. The van der Waals surface area contributed by atoms with E-state index in [-0.39, 0.29) is 98.5 Å². The van der Waals surface area contributed by atoms with Crippen LogP contribution in [0, 0.1) is 24.6 Å². The number of benzene rings is 2. The van der Waals surface area contributed by atoms with E-state index in [4.69, 9.17) is 19.2 Å². The van der Waals surface area contributed by atoms with Crippen molar-refractivity contribution in [2.24, 2.45) is 11.8 Å². The molecule has 0 radical (unpaired) electrons. The molecule has 3 aliphatic heterocycles. The molecule has 3 N–H and O–H groups in total. The summed E-state index contributed by atoms with van der Waals surface area (Å²) in [5, 5.41) is 17.9. The highest BCUT2D eigenvalue weighted by atomic mass is 19.1. The van der Waals surface area contributed by atoms with E-state index >= 15 is 4.39 Å². The Morgan fingerprint density at radius 2 is 1.68 bits per heavy atom.